The van der Waals surface area contributed by atoms with Crippen LogP contribution in [0.25, 0.3) is 0 Å². The second kappa shape index (κ2) is 9.92. The van der Waals surface area contributed by atoms with Crippen molar-refractivity contribution in [1.82, 2.24) is 5.32 Å². The number of nitrogens with one attached hydrogen (secondary N) is 1. The number of rotatable bonds is 10. The fourth-order valence-electron chi connectivity index (χ4n) is 2.33. The minimum atomic E-state index is 0.149. The summed E-state index contributed by atoms with van der Waals surface area (Å²) in [6.07, 6.45) is 4.52. The highest BCUT2D eigenvalue weighted by Crippen LogP contribution is 2.12. The Bertz CT molecular complexity index is 388. The van der Waals surface area contributed by atoms with Crippen LogP contribution in [-0.4, -0.2) is 38.9 Å². The number of thiophene rings is 1. The van der Waals surface area contributed by atoms with Crippen LogP contribution in [0, 0.1) is 5.92 Å². The standard InChI is InChI=1S/C16H25NO3S/c18-16(6-1-4-15-5-2-11-21-15)17-8-3-9-19-12-14-7-10-20-13-14/h2,5,11,14H,1,3-4,6-10,12-13H2,(H,17,18)/t14-/m0/s1. The molecule has 1 atom stereocenters. The lowest BCUT2D eigenvalue weighted by atomic mass is 10.1. The Morgan fingerprint density at radius 1 is 1.48 bits per heavy atom. The van der Waals surface area contributed by atoms with E-state index in [1.165, 1.54) is 4.88 Å². The third-order valence-electron chi connectivity index (χ3n) is 3.57. The van der Waals surface area contributed by atoms with Gasteiger partial charge in [-0.05, 0) is 37.1 Å². The van der Waals surface area contributed by atoms with E-state index in [0.29, 0.717) is 25.5 Å². The summed E-state index contributed by atoms with van der Waals surface area (Å²) < 4.78 is 10.9. The molecule has 4 nitrogen and oxygen atoms in total. The molecule has 1 aromatic rings. The van der Waals surface area contributed by atoms with E-state index in [1.54, 1.807) is 11.3 Å². The Hall–Kier alpha value is -0.910. The van der Waals surface area contributed by atoms with E-state index in [0.717, 1.165) is 45.5 Å². The molecule has 21 heavy (non-hydrogen) atoms. The molecule has 0 saturated carbocycles. The van der Waals surface area contributed by atoms with Crippen molar-refractivity contribution in [2.24, 2.45) is 5.92 Å². The van der Waals surface area contributed by atoms with Crippen LogP contribution in [0.15, 0.2) is 17.5 Å². The van der Waals surface area contributed by atoms with Gasteiger partial charge in [-0.15, -0.1) is 11.3 Å². The normalized spacial score (nSPS) is 18.0. The molecule has 0 aliphatic carbocycles. The first-order valence-electron chi connectivity index (χ1n) is 7.79. The number of hydrogen-bond acceptors (Lipinski definition) is 4. The lowest BCUT2D eigenvalue weighted by Crippen LogP contribution is -2.25. The van der Waals surface area contributed by atoms with Gasteiger partial charge in [0.2, 0.25) is 5.91 Å². The minimum absolute atomic E-state index is 0.149. The van der Waals surface area contributed by atoms with E-state index in [1.807, 2.05) is 0 Å². The molecule has 2 rings (SSSR count). The van der Waals surface area contributed by atoms with Crippen molar-refractivity contribution in [3.8, 4) is 0 Å². The molecule has 1 aliphatic heterocycles. The van der Waals surface area contributed by atoms with Crippen LogP contribution in [0.1, 0.15) is 30.6 Å². The summed E-state index contributed by atoms with van der Waals surface area (Å²) >= 11 is 1.75. The highest BCUT2D eigenvalue weighted by atomic mass is 32.1. The molecule has 1 fully saturated rings. The van der Waals surface area contributed by atoms with Gasteiger partial charge in [-0.25, -0.2) is 0 Å². The maximum absolute atomic E-state index is 11.6. The topological polar surface area (TPSA) is 47.6 Å². The molecule has 0 aromatic carbocycles. The minimum Gasteiger partial charge on any atom is -0.381 e. The van der Waals surface area contributed by atoms with Crippen LogP contribution < -0.4 is 5.32 Å². The maximum atomic E-state index is 11.6. The Balaban J connectivity index is 1.38. The zero-order valence-electron chi connectivity index (χ0n) is 12.5. The van der Waals surface area contributed by atoms with E-state index in [9.17, 15) is 4.79 Å². The van der Waals surface area contributed by atoms with Crippen LogP contribution in [0.5, 0.6) is 0 Å². The fraction of sp³-hybridized carbons (Fsp3) is 0.688. The average Bonchev–Trinajstić information content (AvgIpc) is 3.16. The number of carbonyl (C=O) groups excluding carboxylic acids is 1. The Morgan fingerprint density at radius 2 is 2.43 bits per heavy atom. The van der Waals surface area contributed by atoms with Crippen molar-refractivity contribution >= 4 is 17.2 Å². The van der Waals surface area contributed by atoms with E-state index in [2.05, 4.69) is 22.8 Å². The van der Waals surface area contributed by atoms with Crippen molar-refractivity contribution in [3.63, 3.8) is 0 Å². The summed E-state index contributed by atoms with van der Waals surface area (Å²) in [4.78, 5) is 13.0. The first kappa shape index (κ1) is 16.5. The zero-order valence-corrected chi connectivity index (χ0v) is 13.3. The SMILES string of the molecule is O=C(CCCc1cccs1)NCCCOC[C@@H]1CCOC1. The first-order valence-corrected chi connectivity index (χ1v) is 8.67. The van der Waals surface area contributed by atoms with Crippen molar-refractivity contribution in [2.45, 2.75) is 32.1 Å². The van der Waals surface area contributed by atoms with Crippen LogP contribution in [0.2, 0.25) is 0 Å². The molecular formula is C16H25NO3S. The van der Waals surface area contributed by atoms with Gasteiger partial charge in [0, 0.05) is 37.0 Å². The highest BCUT2D eigenvalue weighted by Gasteiger charge is 2.15. The lowest BCUT2D eigenvalue weighted by molar-refractivity contribution is -0.121. The van der Waals surface area contributed by atoms with Gasteiger partial charge in [-0.1, -0.05) is 6.07 Å². The molecule has 1 aliphatic rings. The number of aryl methyl sites for hydroxylation is 1. The molecule has 1 aromatic heterocycles. The molecule has 1 N–H and O–H groups in total. The number of amides is 1. The maximum Gasteiger partial charge on any atom is 0.220 e. The zero-order chi connectivity index (χ0) is 14.8. The van der Waals surface area contributed by atoms with Crippen LogP contribution in [0.3, 0.4) is 0 Å². The summed E-state index contributed by atoms with van der Waals surface area (Å²) in [5, 5.41) is 5.03. The summed E-state index contributed by atoms with van der Waals surface area (Å²) in [5.41, 5.74) is 0. The smallest absolute Gasteiger partial charge is 0.220 e. The quantitative estimate of drug-likeness (QED) is 0.676. The Labute approximate surface area is 130 Å². The molecule has 0 spiro atoms. The summed E-state index contributed by atoms with van der Waals surface area (Å²) in [6.45, 7) is 3.91. The largest absolute Gasteiger partial charge is 0.381 e. The Morgan fingerprint density at radius 3 is 3.19 bits per heavy atom. The third-order valence-corrected chi connectivity index (χ3v) is 4.51. The molecule has 0 unspecified atom stereocenters. The van der Waals surface area contributed by atoms with Gasteiger partial charge in [0.1, 0.15) is 0 Å². The molecule has 5 heteroatoms. The summed E-state index contributed by atoms with van der Waals surface area (Å²) in [5.74, 6) is 0.715. The number of ether oxygens (including phenoxy) is 2. The summed E-state index contributed by atoms with van der Waals surface area (Å²) in [7, 11) is 0. The predicted molar refractivity (Wildman–Crippen MR) is 84.6 cm³/mol. The van der Waals surface area contributed by atoms with Crippen molar-refractivity contribution in [1.29, 1.82) is 0 Å². The van der Waals surface area contributed by atoms with Crippen LogP contribution in [-0.2, 0) is 20.7 Å². The van der Waals surface area contributed by atoms with Crippen LogP contribution in [0.4, 0.5) is 0 Å². The van der Waals surface area contributed by atoms with E-state index in [4.69, 9.17) is 9.47 Å². The molecule has 1 amide bonds. The van der Waals surface area contributed by atoms with Gasteiger partial charge in [0.25, 0.3) is 0 Å². The van der Waals surface area contributed by atoms with Crippen molar-refractivity contribution in [2.75, 3.05) is 33.0 Å². The van der Waals surface area contributed by atoms with Gasteiger partial charge >= 0.3 is 0 Å². The molecule has 0 radical (unpaired) electrons. The number of hydrogen-bond donors (Lipinski definition) is 1. The number of carbonyl (C=O) groups is 1. The van der Waals surface area contributed by atoms with E-state index < -0.39 is 0 Å². The van der Waals surface area contributed by atoms with Gasteiger partial charge in [-0.2, -0.15) is 0 Å². The van der Waals surface area contributed by atoms with Gasteiger partial charge in [0.15, 0.2) is 0 Å². The fourth-order valence-corrected chi connectivity index (χ4v) is 3.08. The molecular weight excluding hydrogens is 286 g/mol. The van der Waals surface area contributed by atoms with E-state index in [-0.39, 0.29) is 5.91 Å². The van der Waals surface area contributed by atoms with Gasteiger partial charge in [0.05, 0.1) is 13.2 Å². The monoisotopic (exact) mass is 311 g/mol. The average molecular weight is 311 g/mol. The van der Waals surface area contributed by atoms with Gasteiger partial charge < -0.3 is 14.8 Å². The van der Waals surface area contributed by atoms with Crippen molar-refractivity contribution in [3.05, 3.63) is 22.4 Å². The molecule has 1 saturated heterocycles. The first-order chi connectivity index (χ1) is 10.3. The van der Waals surface area contributed by atoms with Gasteiger partial charge in [-0.3, -0.25) is 4.79 Å². The Kier molecular flexibility index (Phi) is 7.78. The lowest BCUT2D eigenvalue weighted by Gasteiger charge is -2.09. The predicted octanol–water partition coefficient (Wildman–Crippen LogP) is 2.63. The van der Waals surface area contributed by atoms with Crippen molar-refractivity contribution < 1.29 is 14.3 Å². The molecule has 2 heterocycles. The molecule has 118 valence electrons. The highest BCUT2D eigenvalue weighted by molar-refractivity contribution is 7.09. The second-order valence-electron chi connectivity index (χ2n) is 5.44. The van der Waals surface area contributed by atoms with Crippen LogP contribution >= 0.6 is 11.3 Å². The summed E-state index contributed by atoms with van der Waals surface area (Å²) in [6, 6.07) is 4.17. The van der Waals surface area contributed by atoms with E-state index >= 15 is 0 Å². The third kappa shape index (κ3) is 7.07. The second-order valence-corrected chi connectivity index (χ2v) is 6.47. The molecule has 0 bridgehead atoms.